The number of ether oxygens (including phenoxy) is 2. The summed E-state index contributed by atoms with van der Waals surface area (Å²) in [6.07, 6.45) is 3.15. The Bertz CT molecular complexity index is 550. The fourth-order valence-electron chi connectivity index (χ4n) is 2.14. The molecule has 0 aromatic heterocycles. The van der Waals surface area contributed by atoms with E-state index in [2.05, 4.69) is 10.2 Å². The van der Waals surface area contributed by atoms with Gasteiger partial charge < -0.3 is 9.47 Å². The number of nitrogens with zero attached hydrogens (tertiary/aromatic N) is 2. The van der Waals surface area contributed by atoms with Crippen molar-refractivity contribution in [2.75, 3.05) is 7.11 Å². The van der Waals surface area contributed by atoms with Gasteiger partial charge in [0, 0.05) is 0 Å². The molecular weight excluding hydrogens is 244 g/mol. The highest BCUT2D eigenvalue weighted by Gasteiger charge is 2.27. The number of hydrogen-bond donors (Lipinski definition) is 0. The van der Waals surface area contributed by atoms with Crippen molar-refractivity contribution >= 4 is 11.7 Å². The SMILES string of the molecule is COC(=O)c1cc2c(c(OC3CC3)c1)N=NC(C)C2. The molecule has 19 heavy (non-hydrogen) atoms. The van der Waals surface area contributed by atoms with E-state index in [0.717, 1.165) is 30.5 Å². The van der Waals surface area contributed by atoms with Crippen molar-refractivity contribution in [1.29, 1.82) is 0 Å². The number of azo groups is 1. The van der Waals surface area contributed by atoms with E-state index in [4.69, 9.17) is 9.47 Å². The van der Waals surface area contributed by atoms with Crippen LogP contribution in [0.3, 0.4) is 0 Å². The molecule has 1 unspecified atom stereocenters. The summed E-state index contributed by atoms with van der Waals surface area (Å²) in [7, 11) is 1.38. The van der Waals surface area contributed by atoms with Crippen molar-refractivity contribution in [3.63, 3.8) is 0 Å². The number of benzene rings is 1. The van der Waals surface area contributed by atoms with E-state index in [1.165, 1.54) is 7.11 Å². The van der Waals surface area contributed by atoms with Gasteiger partial charge in [-0.25, -0.2) is 4.79 Å². The maximum atomic E-state index is 11.7. The molecule has 1 saturated carbocycles. The maximum absolute atomic E-state index is 11.7. The molecule has 5 nitrogen and oxygen atoms in total. The van der Waals surface area contributed by atoms with Crippen molar-refractivity contribution in [1.82, 2.24) is 0 Å². The zero-order chi connectivity index (χ0) is 13.4. The summed E-state index contributed by atoms with van der Waals surface area (Å²) in [6.45, 7) is 2.00. The van der Waals surface area contributed by atoms with Gasteiger partial charge in [0.15, 0.2) is 0 Å². The molecule has 0 saturated heterocycles. The van der Waals surface area contributed by atoms with E-state index in [-0.39, 0.29) is 18.1 Å². The number of rotatable bonds is 3. The summed E-state index contributed by atoms with van der Waals surface area (Å²) >= 11 is 0. The van der Waals surface area contributed by atoms with Gasteiger partial charge >= 0.3 is 5.97 Å². The second kappa shape index (κ2) is 4.64. The first-order valence-corrected chi connectivity index (χ1v) is 6.50. The summed E-state index contributed by atoms with van der Waals surface area (Å²) < 4.78 is 10.6. The zero-order valence-corrected chi connectivity index (χ0v) is 11.0. The van der Waals surface area contributed by atoms with Crippen molar-refractivity contribution < 1.29 is 14.3 Å². The van der Waals surface area contributed by atoms with E-state index in [1.54, 1.807) is 6.07 Å². The fraction of sp³-hybridized carbons (Fsp3) is 0.500. The molecule has 0 bridgehead atoms. The Morgan fingerprint density at radius 1 is 1.37 bits per heavy atom. The summed E-state index contributed by atoms with van der Waals surface area (Å²) in [5.74, 6) is 0.301. The van der Waals surface area contributed by atoms with Gasteiger partial charge in [-0.3, -0.25) is 0 Å². The monoisotopic (exact) mass is 260 g/mol. The van der Waals surface area contributed by atoms with Crippen LogP contribution in [-0.2, 0) is 11.2 Å². The Kier molecular flexibility index (Phi) is 2.97. The van der Waals surface area contributed by atoms with Crippen LogP contribution >= 0.6 is 0 Å². The van der Waals surface area contributed by atoms with Crippen LogP contribution in [-0.4, -0.2) is 25.2 Å². The lowest BCUT2D eigenvalue weighted by atomic mass is 10.0. The molecular formula is C14H16N2O3. The topological polar surface area (TPSA) is 60.2 Å². The van der Waals surface area contributed by atoms with E-state index in [0.29, 0.717) is 11.3 Å². The molecule has 1 aromatic carbocycles. The molecule has 5 heteroatoms. The maximum Gasteiger partial charge on any atom is 0.337 e. The van der Waals surface area contributed by atoms with E-state index < -0.39 is 0 Å². The number of carbonyl (C=O) groups excluding carboxylic acids is 1. The van der Waals surface area contributed by atoms with Gasteiger partial charge in [-0.15, -0.1) is 0 Å². The second-order valence-corrected chi connectivity index (χ2v) is 5.06. The third-order valence-corrected chi connectivity index (χ3v) is 3.26. The van der Waals surface area contributed by atoms with Crippen LogP contribution in [0.15, 0.2) is 22.4 Å². The number of esters is 1. The van der Waals surface area contributed by atoms with Gasteiger partial charge in [0.1, 0.15) is 11.4 Å². The largest absolute Gasteiger partial charge is 0.488 e. The normalized spacial score (nSPS) is 20.8. The standard InChI is InChI=1S/C14H16N2O3/c1-8-5-9-6-10(14(17)18-2)7-12(13(9)16-15-8)19-11-3-4-11/h6-8,11H,3-5H2,1-2H3. The zero-order valence-electron chi connectivity index (χ0n) is 11.0. The minimum absolute atomic E-state index is 0.133. The molecule has 0 amide bonds. The molecule has 1 aliphatic heterocycles. The van der Waals surface area contributed by atoms with Gasteiger partial charge in [0.05, 0.1) is 24.8 Å². The highest BCUT2D eigenvalue weighted by Crippen LogP contribution is 2.40. The van der Waals surface area contributed by atoms with E-state index in [9.17, 15) is 4.79 Å². The van der Waals surface area contributed by atoms with Crippen LogP contribution in [0.5, 0.6) is 5.75 Å². The third-order valence-electron chi connectivity index (χ3n) is 3.26. The number of hydrogen-bond acceptors (Lipinski definition) is 5. The smallest absolute Gasteiger partial charge is 0.337 e. The van der Waals surface area contributed by atoms with Crippen molar-refractivity contribution in [3.8, 4) is 5.75 Å². The quantitative estimate of drug-likeness (QED) is 0.785. The Morgan fingerprint density at radius 2 is 2.16 bits per heavy atom. The van der Waals surface area contributed by atoms with Crippen molar-refractivity contribution in [2.24, 2.45) is 10.2 Å². The molecule has 1 fully saturated rings. The number of carbonyl (C=O) groups is 1. The van der Waals surface area contributed by atoms with Gasteiger partial charge in [-0.05, 0) is 43.9 Å². The predicted octanol–water partition coefficient (Wildman–Crippen LogP) is 3.04. The summed E-state index contributed by atoms with van der Waals surface area (Å²) in [5, 5.41) is 8.41. The lowest BCUT2D eigenvalue weighted by Crippen LogP contribution is -2.10. The molecule has 0 N–H and O–H groups in total. The minimum atomic E-state index is -0.349. The Hall–Kier alpha value is -1.91. The second-order valence-electron chi connectivity index (χ2n) is 5.06. The molecule has 0 spiro atoms. The molecule has 1 atom stereocenters. The Morgan fingerprint density at radius 3 is 2.84 bits per heavy atom. The fourth-order valence-corrected chi connectivity index (χ4v) is 2.14. The molecule has 1 aliphatic carbocycles. The Labute approximate surface area is 111 Å². The molecule has 100 valence electrons. The van der Waals surface area contributed by atoms with Crippen molar-refractivity contribution in [3.05, 3.63) is 23.3 Å². The average Bonchev–Trinajstić information content (AvgIpc) is 3.21. The lowest BCUT2D eigenvalue weighted by Gasteiger charge is -2.18. The summed E-state index contributed by atoms with van der Waals surface area (Å²) in [4.78, 5) is 11.7. The minimum Gasteiger partial charge on any atom is -0.488 e. The molecule has 0 radical (unpaired) electrons. The summed E-state index contributed by atoms with van der Waals surface area (Å²) in [5.41, 5.74) is 2.28. The summed E-state index contributed by atoms with van der Waals surface area (Å²) in [6, 6.07) is 3.67. The first-order valence-electron chi connectivity index (χ1n) is 6.50. The van der Waals surface area contributed by atoms with Crippen LogP contribution < -0.4 is 4.74 Å². The van der Waals surface area contributed by atoms with Crippen LogP contribution in [0.2, 0.25) is 0 Å². The molecule has 1 aromatic rings. The van der Waals surface area contributed by atoms with E-state index >= 15 is 0 Å². The van der Waals surface area contributed by atoms with Gasteiger partial charge in [0.25, 0.3) is 0 Å². The van der Waals surface area contributed by atoms with Crippen LogP contribution in [0.1, 0.15) is 35.7 Å². The number of fused-ring (bicyclic) bond motifs is 1. The van der Waals surface area contributed by atoms with Gasteiger partial charge in [-0.1, -0.05) is 0 Å². The third kappa shape index (κ3) is 2.45. The van der Waals surface area contributed by atoms with E-state index in [1.807, 2.05) is 13.0 Å². The van der Waals surface area contributed by atoms with Crippen LogP contribution in [0, 0.1) is 0 Å². The van der Waals surface area contributed by atoms with Gasteiger partial charge in [0.2, 0.25) is 0 Å². The molecule has 1 heterocycles. The Balaban J connectivity index is 2.03. The molecule has 2 aliphatic rings. The highest BCUT2D eigenvalue weighted by atomic mass is 16.5. The number of methoxy groups -OCH3 is 1. The van der Waals surface area contributed by atoms with Crippen LogP contribution in [0.4, 0.5) is 5.69 Å². The average molecular weight is 260 g/mol. The predicted molar refractivity (Wildman–Crippen MR) is 69.1 cm³/mol. The lowest BCUT2D eigenvalue weighted by molar-refractivity contribution is 0.0600. The first-order chi connectivity index (χ1) is 9.17. The van der Waals surface area contributed by atoms with Gasteiger partial charge in [-0.2, -0.15) is 10.2 Å². The molecule has 3 rings (SSSR count). The highest BCUT2D eigenvalue weighted by molar-refractivity contribution is 5.91. The van der Waals surface area contributed by atoms with Crippen LogP contribution in [0.25, 0.3) is 0 Å². The first kappa shape index (κ1) is 12.1. The van der Waals surface area contributed by atoms with Crippen molar-refractivity contribution in [2.45, 2.75) is 38.3 Å².